The van der Waals surface area contributed by atoms with Gasteiger partial charge in [0, 0.05) is 11.8 Å². The molecule has 0 bridgehead atoms. The van der Waals surface area contributed by atoms with Crippen molar-refractivity contribution in [2.24, 2.45) is 0 Å². The van der Waals surface area contributed by atoms with Gasteiger partial charge in [-0.1, -0.05) is 0 Å². The molecule has 7 nitrogen and oxygen atoms in total. The van der Waals surface area contributed by atoms with Gasteiger partial charge in [0.15, 0.2) is 5.82 Å². The highest BCUT2D eigenvalue weighted by Crippen LogP contribution is 2.33. The van der Waals surface area contributed by atoms with Gasteiger partial charge in [0.25, 0.3) is 0 Å². The highest BCUT2D eigenvalue weighted by atomic mass is 19.1. The Labute approximate surface area is 148 Å². The Morgan fingerprint density at radius 1 is 1.19 bits per heavy atom. The predicted molar refractivity (Wildman–Crippen MR) is 89.4 cm³/mol. The Morgan fingerprint density at radius 2 is 2.00 bits per heavy atom. The largest absolute Gasteiger partial charge is 0.480 e. The van der Waals surface area contributed by atoms with E-state index in [1.807, 2.05) is 6.07 Å². The fourth-order valence-electron chi connectivity index (χ4n) is 2.43. The molecular weight excluding hydrogens is 339 g/mol. The van der Waals surface area contributed by atoms with Gasteiger partial charge in [-0.25, -0.2) is 14.2 Å². The molecule has 0 saturated carbocycles. The van der Waals surface area contributed by atoms with Crippen LogP contribution in [0.1, 0.15) is 15.9 Å². The molecule has 1 aromatic carbocycles. The van der Waals surface area contributed by atoms with E-state index in [-0.39, 0.29) is 17.0 Å². The van der Waals surface area contributed by atoms with E-state index in [4.69, 9.17) is 10.00 Å². The number of halogens is 1. The van der Waals surface area contributed by atoms with Crippen LogP contribution in [0.4, 0.5) is 4.39 Å². The van der Waals surface area contributed by atoms with E-state index in [0.29, 0.717) is 16.9 Å². The van der Waals surface area contributed by atoms with Gasteiger partial charge in [-0.2, -0.15) is 15.0 Å². The number of ether oxygens (including phenoxy) is 2. The second-order valence-electron chi connectivity index (χ2n) is 5.18. The molecule has 0 N–H and O–H groups in total. The average molecular weight is 352 g/mol. The first-order valence-electron chi connectivity index (χ1n) is 7.45. The minimum absolute atomic E-state index is 0.220. The van der Waals surface area contributed by atoms with Gasteiger partial charge in [-0.3, -0.25) is 0 Å². The summed E-state index contributed by atoms with van der Waals surface area (Å²) in [6.07, 6.45) is 2.80. The molecule has 3 rings (SSSR count). The second-order valence-corrected chi connectivity index (χ2v) is 5.18. The summed E-state index contributed by atoms with van der Waals surface area (Å²) in [4.78, 5) is 15.7. The van der Waals surface area contributed by atoms with Crippen LogP contribution in [0.2, 0.25) is 0 Å². The number of nitrogens with zero attached hydrogens (tertiary/aromatic N) is 4. The molecule has 0 amide bonds. The molecule has 0 aliphatic carbocycles. The summed E-state index contributed by atoms with van der Waals surface area (Å²) in [5.74, 6) is -0.408. The number of rotatable bonds is 4. The maximum absolute atomic E-state index is 14.3. The summed E-state index contributed by atoms with van der Waals surface area (Å²) in [6.45, 7) is 0. The number of hydrogen-bond donors (Lipinski definition) is 0. The summed E-state index contributed by atoms with van der Waals surface area (Å²) in [5, 5.41) is 13.1. The van der Waals surface area contributed by atoms with Crippen LogP contribution >= 0.6 is 0 Å². The lowest BCUT2D eigenvalue weighted by atomic mass is 10.1. The SMILES string of the molecule is COC(=O)c1ccc(-n2ncc(-c3ccc(C#N)cc3F)c2OC)nc1. The molecular formula is C18H13FN4O3. The first kappa shape index (κ1) is 17.1. The molecule has 0 saturated heterocycles. The van der Waals surface area contributed by atoms with Gasteiger partial charge in [-0.05, 0) is 30.3 Å². The molecule has 0 radical (unpaired) electrons. The molecule has 0 atom stereocenters. The lowest BCUT2D eigenvalue weighted by Gasteiger charge is -2.08. The fourth-order valence-corrected chi connectivity index (χ4v) is 2.43. The molecule has 3 aromatic rings. The van der Waals surface area contributed by atoms with Crippen LogP contribution in [0.3, 0.4) is 0 Å². The Bertz CT molecular complexity index is 1010. The lowest BCUT2D eigenvalue weighted by Crippen LogP contribution is -2.06. The van der Waals surface area contributed by atoms with Gasteiger partial charge in [0.2, 0.25) is 5.88 Å². The Morgan fingerprint density at radius 3 is 2.58 bits per heavy atom. The van der Waals surface area contributed by atoms with E-state index >= 15 is 0 Å². The number of hydrogen-bond acceptors (Lipinski definition) is 6. The average Bonchev–Trinajstić information content (AvgIpc) is 3.11. The van der Waals surface area contributed by atoms with Gasteiger partial charge in [-0.15, -0.1) is 0 Å². The van der Waals surface area contributed by atoms with E-state index in [1.54, 1.807) is 6.07 Å². The number of carbonyl (C=O) groups excluding carboxylic acids is 1. The molecule has 2 aromatic heterocycles. The van der Waals surface area contributed by atoms with Crippen LogP contribution < -0.4 is 4.74 Å². The molecule has 2 heterocycles. The number of benzene rings is 1. The fraction of sp³-hybridized carbons (Fsp3) is 0.111. The lowest BCUT2D eigenvalue weighted by molar-refractivity contribution is 0.0600. The Hall–Kier alpha value is -3.73. The Kier molecular flexibility index (Phi) is 4.62. The minimum atomic E-state index is -0.559. The number of methoxy groups -OCH3 is 2. The maximum Gasteiger partial charge on any atom is 0.339 e. The molecule has 0 aliphatic rings. The summed E-state index contributed by atoms with van der Waals surface area (Å²) in [5.41, 5.74) is 1.17. The quantitative estimate of drug-likeness (QED) is 0.671. The van der Waals surface area contributed by atoms with Crippen LogP contribution in [-0.4, -0.2) is 35.0 Å². The molecule has 0 unspecified atom stereocenters. The minimum Gasteiger partial charge on any atom is -0.480 e. The summed E-state index contributed by atoms with van der Waals surface area (Å²) in [7, 11) is 2.71. The molecule has 0 fully saturated rings. The molecule has 0 spiro atoms. The van der Waals surface area contributed by atoms with Crippen molar-refractivity contribution >= 4 is 5.97 Å². The smallest absolute Gasteiger partial charge is 0.339 e. The third-order valence-corrected chi connectivity index (χ3v) is 3.69. The summed E-state index contributed by atoms with van der Waals surface area (Å²) >= 11 is 0. The van der Waals surface area contributed by atoms with Crippen molar-refractivity contribution in [2.75, 3.05) is 14.2 Å². The van der Waals surface area contributed by atoms with E-state index in [2.05, 4.69) is 14.8 Å². The summed E-state index contributed by atoms with van der Waals surface area (Å²) in [6, 6.07) is 9.15. The predicted octanol–water partition coefficient (Wildman–Crippen LogP) is 2.74. The van der Waals surface area contributed by atoms with Crippen molar-refractivity contribution in [3.05, 3.63) is 59.7 Å². The maximum atomic E-state index is 14.3. The number of carbonyl (C=O) groups is 1. The summed E-state index contributed by atoms with van der Waals surface area (Å²) < 4.78 is 25.7. The number of pyridine rings is 1. The monoisotopic (exact) mass is 352 g/mol. The standard InChI is InChI=1S/C18H13FN4O3/c1-25-17-14(13-5-3-11(8-20)7-15(13)19)10-22-23(17)16-6-4-12(9-21-16)18(24)26-2/h3-7,9-10H,1-2H3. The zero-order chi connectivity index (χ0) is 18.7. The van der Waals surface area contributed by atoms with E-state index in [0.717, 1.165) is 6.07 Å². The van der Waals surface area contributed by atoms with E-state index in [1.165, 1.54) is 49.5 Å². The third-order valence-electron chi connectivity index (χ3n) is 3.69. The number of aromatic nitrogens is 3. The van der Waals surface area contributed by atoms with Crippen LogP contribution in [0.5, 0.6) is 5.88 Å². The highest BCUT2D eigenvalue weighted by Gasteiger charge is 2.19. The van der Waals surface area contributed by atoms with E-state index < -0.39 is 11.8 Å². The second kappa shape index (κ2) is 7.03. The van der Waals surface area contributed by atoms with Crippen LogP contribution in [0.15, 0.2) is 42.7 Å². The number of esters is 1. The van der Waals surface area contributed by atoms with Gasteiger partial charge < -0.3 is 9.47 Å². The van der Waals surface area contributed by atoms with Crippen molar-refractivity contribution in [1.82, 2.24) is 14.8 Å². The van der Waals surface area contributed by atoms with Crippen molar-refractivity contribution in [3.63, 3.8) is 0 Å². The zero-order valence-corrected chi connectivity index (χ0v) is 13.9. The van der Waals surface area contributed by atoms with Crippen molar-refractivity contribution in [3.8, 4) is 28.9 Å². The molecule has 130 valence electrons. The van der Waals surface area contributed by atoms with Crippen molar-refractivity contribution < 1.29 is 18.7 Å². The zero-order valence-electron chi connectivity index (χ0n) is 13.9. The van der Waals surface area contributed by atoms with Gasteiger partial charge in [0.1, 0.15) is 5.82 Å². The van der Waals surface area contributed by atoms with Crippen LogP contribution in [0, 0.1) is 17.1 Å². The molecule has 26 heavy (non-hydrogen) atoms. The van der Waals surface area contributed by atoms with Crippen molar-refractivity contribution in [1.29, 1.82) is 5.26 Å². The normalized spacial score (nSPS) is 10.2. The van der Waals surface area contributed by atoms with Crippen molar-refractivity contribution in [2.45, 2.75) is 0 Å². The first-order chi connectivity index (χ1) is 12.6. The third kappa shape index (κ3) is 2.98. The molecule has 8 heteroatoms. The number of nitriles is 1. The Balaban J connectivity index is 2.04. The van der Waals surface area contributed by atoms with E-state index in [9.17, 15) is 9.18 Å². The molecule has 0 aliphatic heterocycles. The van der Waals surface area contributed by atoms with Gasteiger partial charge in [0.05, 0.1) is 43.2 Å². The highest BCUT2D eigenvalue weighted by molar-refractivity contribution is 5.89. The first-order valence-corrected chi connectivity index (χ1v) is 7.45. The van der Waals surface area contributed by atoms with Crippen LogP contribution in [0.25, 0.3) is 16.9 Å². The van der Waals surface area contributed by atoms with Gasteiger partial charge >= 0.3 is 5.97 Å². The van der Waals surface area contributed by atoms with Crippen LogP contribution in [-0.2, 0) is 4.74 Å². The topological polar surface area (TPSA) is 90.0 Å².